The summed E-state index contributed by atoms with van der Waals surface area (Å²) in [5.74, 6) is 0.286. The molecule has 0 aliphatic heterocycles. The summed E-state index contributed by atoms with van der Waals surface area (Å²) in [4.78, 5) is 23.7. The molecule has 0 saturated heterocycles. The van der Waals surface area contributed by atoms with Gasteiger partial charge in [-0.3, -0.25) is 4.79 Å². The van der Waals surface area contributed by atoms with Gasteiger partial charge in [0.1, 0.15) is 0 Å². The van der Waals surface area contributed by atoms with Crippen LogP contribution < -0.4 is 11.1 Å². The minimum Gasteiger partial charge on any atom is -0.351 e. The number of carbonyl (C=O) groups is 2. The average Bonchev–Trinajstić information content (AvgIpc) is 2.53. The quantitative estimate of drug-likeness (QED) is 0.655. The van der Waals surface area contributed by atoms with Crippen molar-refractivity contribution in [3.05, 3.63) is 59.7 Å². The van der Waals surface area contributed by atoms with E-state index in [1.165, 1.54) is 11.8 Å². The summed E-state index contributed by atoms with van der Waals surface area (Å²) in [6.07, 6.45) is 0. The molecule has 0 aliphatic rings. The highest BCUT2D eigenvalue weighted by Gasteiger charge is 2.07. The number of nitriles is 1. The van der Waals surface area contributed by atoms with E-state index in [9.17, 15) is 9.59 Å². The summed E-state index contributed by atoms with van der Waals surface area (Å²) < 4.78 is 0. The van der Waals surface area contributed by atoms with Crippen LogP contribution in [0.4, 0.5) is 10.5 Å². The topological polar surface area (TPSA) is 96.0 Å². The van der Waals surface area contributed by atoms with Crippen molar-refractivity contribution in [2.24, 2.45) is 5.73 Å². The molecule has 0 bridgehead atoms. The summed E-state index contributed by atoms with van der Waals surface area (Å²) in [5.41, 5.74) is 6.72. The van der Waals surface area contributed by atoms with Gasteiger partial charge in [-0.2, -0.15) is 5.26 Å². The molecule has 0 fully saturated rings. The van der Waals surface area contributed by atoms with Crippen LogP contribution in [-0.2, 0) is 0 Å². The first-order valence-corrected chi connectivity index (χ1v) is 7.40. The minimum atomic E-state index is -0.643. The van der Waals surface area contributed by atoms with Crippen LogP contribution in [0.3, 0.4) is 0 Å². The number of rotatable bonds is 5. The Hall–Kier alpha value is -2.78. The summed E-state index contributed by atoms with van der Waals surface area (Å²) in [6, 6.07) is 15.0. The first kappa shape index (κ1) is 15.6. The van der Waals surface area contributed by atoms with Gasteiger partial charge in [0.2, 0.25) is 0 Å². The Kier molecular flexibility index (Phi) is 5.17. The van der Waals surface area contributed by atoms with Crippen LogP contribution in [0.2, 0.25) is 0 Å². The van der Waals surface area contributed by atoms with Crippen LogP contribution in [0.5, 0.6) is 0 Å². The van der Waals surface area contributed by atoms with E-state index < -0.39 is 6.03 Å². The van der Waals surface area contributed by atoms with Crippen molar-refractivity contribution in [3.8, 4) is 6.07 Å². The van der Waals surface area contributed by atoms with Crippen LogP contribution in [0, 0.1) is 11.3 Å². The van der Waals surface area contributed by atoms with E-state index in [-0.39, 0.29) is 5.78 Å². The van der Waals surface area contributed by atoms with E-state index in [0.717, 1.165) is 4.90 Å². The lowest BCUT2D eigenvalue weighted by atomic mass is 10.1. The number of Topliss-reactive ketones (excluding diaryl/α,β-unsaturated/α-hetero) is 1. The second-order valence-corrected chi connectivity index (χ2v) is 5.46. The van der Waals surface area contributed by atoms with Crippen molar-refractivity contribution in [1.82, 2.24) is 0 Å². The largest absolute Gasteiger partial charge is 0.351 e. The first-order chi connectivity index (χ1) is 10.6. The smallest absolute Gasteiger partial charge is 0.316 e. The van der Waals surface area contributed by atoms with Crippen molar-refractivity contribution in [3.63, 3.8) is 0 Å². The predicted octanol–water partition coefficient (Wildman–Crippen LogP) is 3.02. The summed E-state index contributed by atoms with van der Waals surface area (Å²) in [6.45, 7) is 0. The Labute approximate surface area is 132 Å². The van der Waals surface area contributed by atoms with Crippen LogP contribution in [0.25, 0.3) is 0 Å². The third-order valence-corrected chi connectivity index (χ3v) is 3.84. The van der Waals surface area contributed by atoms with Gasteiger partial charge in [-0.25, -0.2) is 4.79 Å². The molecular formula is C16H13N3O2S. The van der Waals surface area contributed by atoms with Crippen molar-refractivity contribution in [2.75, 3.05) is 11.1 Å². The van der Waals surface area contributed by atoms with E-state index in [0.29, 0.717) is 22.6 Å². The van der Waals surface area contributed by atoms with Crippen LogP contribution in [0.1, 0.15) is 15.9 Å². The lowest BCUT2D eigenvalue weighted by Crippen LogP contribution is -2.19. The molecule has 0 unspecified atom stereocenters. The lowest BCUT2D eigenvalue weighted by molar-refractivity contribution is 0.102. The van der Waals surface area contributed by atoms with Crippen molar-refractivity contribution in [1.29, 1.82) is 5.26 Å². The molecule has 0 heterocycles. The molecule has 2 rings (SSSR count). The third-order valence-electron chi connectivity index (χ3n) is 2.83. The highest BCUT2D eigenvalue weighted by molar-refractivity contribution is 8.00. The van der Waals surface area contributed by atoms with Crippen LogP contribution >= 0.6 is 11.8 Å². The molecule has 3 N–H and O–H groups in total. The third kappa shape index (κ3) is 4.36. The number of ketones is 1. The zero-order valence-corrected chi connectivity index (χ0v) is 12.4. The SMILES string of the molecule is N#Cc1ccc(SCC(=O)c2ccc(NC(N)=O)cc2)cc1. The van der Waals surface area contributed by atoms with Gasteiger partial charge < -0.3 is 11.1 Å². The van der Waals surface area contributed by atoms with Gasteiger partial charge in [-0.1, -0.05) is 0 Å². The fourth-order valence-corrected chi connectivity index (χ4v) is 2.53. The highest BCUT2D eigenvalue weighted by atomic mass is 32.2. The summed E-state index contributed by atoms with van der Waals surface area (Å²) >= 11 is 1.41. The van der Waals surface area contributed by atoms with Crippen LogP contribution in [0.15, 0.2) is 53.4 Å². The highest BCUT2D eigenvalue weighted by Crippen LogP contribution is 2.20. The van der Waals surface area contributed by atoms with Gasteiger partial charge in [0.25, 0.3) is 0 Å². The number of hydrogen-bond donors (Lipinski definition) is 2. The second kappa shape index (κ2) is 7.29. The molecule has 2 aromatic rings. The predicted molar refractivity (Wildman–Crippen MR) is 85.9 cm³/mol. The van der Waals surface area contributed by atoms with E-state index in [1.54, 1.807) is 36.4 Å². The van der Waals surface area contributed by atoms with Gasteiger partial charge in [-0.05, 0) is 48.5 Å². The number of carbonyl (C=O) groups excluding carboxylic acids is 2. The van der Waals surface area contributed by atoms with Gasteiger partial charge in [0, 0.05) is 16.1 Å². The fraction of sp³-hybridized carbons (Fsp3) is 0.0625. The number of nitrogens with one attached hydrogen (secondary N) is 1. The maximum Gasteiger partial charge on any atom is 0.316 e. The molecule has 2 aromatic carbocycles. The molecule has 22 heavy (non-hydrogen) atoms. The summed E-state index contributed by atoms with van der Waals surface area (Å²) in [5, 5.41) is 11.2. The molecule has 110 valence electrons. The molecule has 0 aliphatic carbocycles. The first-order valence-electron chi connectivity index (χ1n) is 6.41. The number of hydrogen-bond acceptors (Lipinski definition) is 4. The van der Waals surface area contributed by atoms with E-state index in [4.69, 9.17) is 11.0 Å². The molecule has 0 spiro atoms. The van der Waals surface area contributed by atoms with Gasteiger partial charge in [-0.15, -0.1) is 11.8 Å². The Morgan fingerprint density at radius 1 is 1.09 bits per heavy atom. The van der Waals surface area contributed by atoms with Gasteiger partial charge >= 0.3 is 6.03 Å². The minimum absolute atomic E-state index is 0.0139. The Morgan fingerprint density at radius 3 is 2.27 bits per heavy atom. The molecule has 0 aromatic heterocycles. The number of amides is 2. The lowest BCUT2D eigenvalue weighted by Gasteiger charge is -2.04. The van der Waals surface area contributed by atoms with E-state index in [2.05, 4.69) is 5.32 Å². The molecule has 0 atom stereocenters. The Balaban J connectivity index is 1.94. The standard InChI is InChI=1S/C16H13N3O2S/c17-9-11-1-7-14(8-2-11)22-10-15(20)12-3-5-13(6-4-12)19-16(18)21/h1-8H,10H2,(H3,18,19,21). The molecule has 0 radical (unpaired) electrons. The number of benzene rings is 2. The maximum atomic E-state index is 12.1. The van der Waals surface area contributed by atoms with Crippen molar-refractivity contribution >= 4 is 29.3 Å². The van der Waals surface area contributed by atoms with Crippen molar-refractivity contribution in [2.45, 2.75) is 4.90 Å². The average molecular weight is 311 g/mol. The normalized spacial score (nSPS) is 9.77. The zero-order valence-electron chi connectivity index (χ0n) is 11.6. The summed E-state index contributed by atoms with van der Waals surface area (Å²) in [7, 11) is 0. The fourth-order valence-electron chi connectivity index (χ4n) is 1.74. The maximum absolute atomic E-state index is 12.1. The van der Waals surface area contributed by atoms with E-state index in [1.807, 2.05) is 18.2 Å². The van der Waals surface area contributed by atoms with E-state index >= 15 is 0 Å². The molecular weight excluding hydrogens is 298 g/mol. The number of anilines is 1. The van der Waals surface area contributed by atoms with Gasteiger partial charge in [0.05, 0.1) is 17.4 Å². The second-order valence-electron chi connectivity index (χ2n) is 4.41. The monoisotopic (exact) mass is 311 g/mol. The number of urea groups is 1. The number of nitrogens with two attached hydrogens (primary N) is 1. The van der Waals surface area contributed by atoms with Crippen molar-refractivity contribution < 1.29 is 9.59 Å². The molecule has 5 nitrogen and oxygen atoms in total. The van der Waals surface area contributed by atoms with Crippen LogP contribution in [-0.4, -0.2) is 17.6 Å². The Bertz CT molecular complexity index is 719. The molecule has 0 saturated carbocycles. The molecule has 6 heteroatoms. The number of nitrogens with zero attached hydrogens (tertiary/aromatic N) is 1. The Morgan fingerprint density at radius 2 is 1.73 bits per heavy atom. The molecule has 2 amide bonds. The zero-order chi connectivity index (χ0) is 15.9. The number of thioether (sulfide) groups is 1. The van der Waals surface area contributed by atoms with Gasteiger partial charge in [0.15, 0.2) is 5.78 Å². The number of primary amides is 1.